The van der Waals surface area contributed by atoms with E-state index in [-0.39, 0.29) is 17.8 Å². The molecule has 1 amide bonds. The number of phenolic OH excluding ortho intramolecular Hbond substituents is 1. The van der Waals surface area contributed by atoms with Gasteiger partial charge in [0.1, 0.15) is 23.5 Å². The lowest BCUT2D eigenvalue weighted by Gasteiger charge is -2.27. The fourth-order valence-corrected chi connectivity index (χ4v) is 4.61. The van der Waals surface area contributed by atoms with Gasteiger partial charge in [-0.15, -0.1) is 11.3 Å². The van der Waals surface area contributed by atoms with Crippen molar-refractivity contribution >= 4 is 22.2 Å². The molecule has 4 rings (SSSR count). The van der Waals surface area contributed by atoms with Crippen molar-refractivity contribution < 1.29 is 14.8 Å². The molecule has 1 aromatic carbocycles. The fraction of sp³-hybridized carbons (Fsp3) is 0.312. The lowest BCUT2D eigenvalue weighted by Crippen LogP contribution is -3.08. The standard InChI is InChI=1S/C16H17N3O2S/c1-19-7-6-10-12(8-19)22-16-13(10)15(21)17-14(18-16)9-4-2-3-5-11(9)20/h2-5,14,18,20H,6-8H2,1H3,(H,17,21)/p+1/t14-/m1/s1. The first-order valence-electron chi connectivity index (χ1n) is 7.44. The molecule has 6 heteroatoms. The summed E-state index contributed by atoms with van der Waals surface area (Å²) in [5.41, 5.74) is 2.70. The predicted octanol–water partition coefficient (Wildman–Crippen LogP) is 0.879. The first kappa shape index (κ1) is 13.6. The van der Waals surface area contributed by atoms with E-state index < -0.39 is 0 Å². The van der Waals surface area contributed by atoms with E-state index >= 15 is 0 Å². The van der Waals surface area contributed by atoms with Gasteiger partial charge in [-0.3, -0.25) is 4.79 Å². The van der Waals surface area contributed by atoms with Crippen LogP contribution in [0.25, 0.3) is 0 Å². The highest BCUT2D eigenvalue weighted by atomic mass is 32.1. The quantitative estimate of drug-likeness (QED) is 0.631. The highest BCUT2D eigenvalue weighted by Gasteiger charge is 2.34. The summed E-state index contributed by atoms with van der Waals surface area (Å²) in [7, 11) is 2.18. The van der Waals surface area contributed by atoms with Crippen LogP contribution in [0.2, 0.25) is 0 Å². The third kappa shape index (κ3) is 2.07. The van der Waals surface area contributed by atoms with E-state index in [0.717, 1.165) is 30.1 Å². The summed E-state index contributed by atoms with van der Waals surface area (Å²) in [6.45, 7) is 2.04. The summed E-state index contributed by atoms with van der Waals surface area (Å²) >= 11 is 1.68. The number of hydrogen-bond donors (Lipinski definition) is 4. The molecule has 0 saturated heterocycles. The van der Waals surface area contributed by atoms with Crippen LogP contribution in [0, 0.1) is 0 Å². The summed E-state index contributed by atoms with van der Waals surface area (Å²) < 4.78 is 0. The third-order valence-corrected chi connectivity index (χ3v) is 5.54. The molecule has 0 bridgehead atoms. The van der Waals surface area contributed by atoms with Gasteiger partial charge in [-0.25, -0.2) is 0 Å². The number of benzene rings is 1. The van der Waals surface area contributed by atoms with E-state index in [1.165, 1.54) is 15.3 Å². The van der Waals surface area contributed by atoms with Gasteiger partial charge in [0.25, 0.3) is 5.91 Å². The van der Waals surface area contributed by atoms with Gasteiger partial charge in [0.15, 0.2) is 0 Å². The van der Waals surface area contributed by atoms with Gasteiger partial charge in [-0.2, -0.15) is 0 Å². The monoisotopic (exact) mass is 316 g/mol. The van der Waals surface area contributed by atoms with E-state index in [9.17, 15) is 9.90 Å². The van der Waals surface area contributed by atoms with Crippen molar-refractivity contribution in [1.29, 1.82) is 0 Å². The van der Waals surface area contributed by atoms with Crippen LogP contribution in [0.15, 0.2) is 24.3 Å². The maximum Gasteiger partial charge on any atom is 0.256 e. The maximum absolute atomic E-state index is 12.6. The first-order valence-corrected chi connectivity index (χ1v) is 8.26. The van der Waals surface area contributed by atoms with Crippen molar-refractivity contribution in [3.05, 3.63) is 45.8 Å². The van der Waals surface area contributed by atoms with Crippen LogP contribution >= 0.6 is 11.3 Å². The second-order valence-corrected chi connectivity index (χ2v) is 7.06. The molecule has 2 atom stereocenters. The minimum absolute atomic E-state index is 0.0425. The lowest BCUT2D eigenvalue weighted by atomic mass is 10.0. The Bertz CT molecular complexity index is 756. The van der Waals surface area contributed by atoms with Crippen molar-refractivity contribution in [2.75, 3.05) is 18.9 Å². The lowest BCUT2D eigenvalue weighted by molar-refractivity contribution is -0.895. The number of rotatable bonds is 1. The van der Waals surface area contributed by atoms with Gasteiger partial charge in [0.05, 0.1) is 24.0 Å². The summed E-state index contributed by atoms with van der Waals surface area (Å²) in [4.78, 5) is 15.3. The molecule has 114 valence electrons. The van der Waals surface area contributed by atoms with Gasteiger partial charge in [-0.05, 0) is 11.6 Å². The van der Waals surface area contributed by atoms with Gasteiger partial charge in [-0.1, -0.05) is 18.2 Å². The van der Waals surface area contributed by atoms with E-state index in [1.807, 2.05) is 12.1 Å². The van der Waals surface area contributed by atoms with Crippen LogP contribution in [0.5, 0.6) is 5.75 Å². The van der Waals surface area contributed by atoms with Crippen LogP contribution in [0.4, 0.5) is 5.00 Å². The van der Waals surface area contributed by atoms with Crippen LogP contribution in [-0.4, -0.2) is 24.6 Å². The van der Waals surface area contributed by atoms with Crippen molar-refractivity contribution in [2.24, 2.45) is 0 Å². The molecule has 0 spiro atoms. The molecular weight excluding hydrogens is 298 g/mol. The number of nitrogens with one attached hydrogen (secondary N) is 3. The largest absolute Gasteiger partial charge is 0.508 e. The Hall–Kier alpha value is -2.05. The molecule has 5 nitrogen and oxygen atoms in total. The zero-order chi connectivity index (χ0) is 15.3. The van der Waals surface area contributed by atoms with Crippen LogP contribution in [0.3, 0.4) is 0 Å². The smallest absolute Gasteiger partial charge is 0.256 e. The molecule has 0 radical (unpaired) electrons. The highest BCUT2D eigenvalue weighted by molar-refractivity contribution is 7.16. The molecule has 2 aliphatic heterocycles. The number of amides is 1. The average molecular weight is 316 g/mol. The van der Waals surface area contributed by atoms with E-state index in [0.29, 0.717) is 5.56 Å². The summed E-state index contributed by atoms with van der Waals surface area (Å²) in [5, 5.41) is 17.3. The van der Waals surface area contributed by atoms with Crippen molar-refractivity contribution in [2.45, 2.75) is 19.1 Å². The second kappa shape index (κ2) is 5.00. The summed E-state index contributed by atoms with van der Waals surface area (Å²) in [5.74, 6) is 0.147. The number of fused-ring (bicyclic) bond motifs is 3. The zero-order valence-electron chi connectivity index (χ0n) is 12.3. The van der Waals surface area contributed by atoms with Crippen LogP contribution in [0.1, 0.15) is 32.5 Å². The summed E-state index contributed by atoms with van der Waals surface area (Å²) in [6, 6.07) is 7.09. The number of aromatic hydroxyl groups is 1. The molecular formula is C16H18N3O2S+. The Balaban J connectivity index is 1.73. The molecule has 0 aliphatic carbocycles. The van der Waals surface area contributed by atoms with Crippen LogP contribution < -0.4 is 15.5 Å². The minimum Gasteiger partial charge on any atom is -0.508 e. The molecule has 3 heterocycles. The molecule has 0 fully saturated rings. The van der Waals surface area contributed by atoms with Crippen molar-refractivity contribution in [3.63, 3.8) is 0 Å². The molecule has 4 N–H and O–H groups in total. The number of carbonyl (C=O) groups excluding carboxylic acids is 1. The third-order valence-electron chi connectivity index (χ3n) is 4.38. The number of phenols is 1. The van der Waals surface area contributed by atoms with Crippen molar-refractivity contribution in [1.82, 2.24) is 5.32 Å². The highest BCUT2D eigenvalue weighted by Crippen LogP contribution is 2.39. The Labute approximate surface area is 132 Å². The summed E-state index contributed by atoms with van der Waals surface area (Å²) in [6.07, 6.45) is 0.565. The number of thiophene rings is 1. The topological polar surface area (TPSA) is 65.8 Å². The minimum atomic E-state index is -0.383. The van der Waals surface area contributed by atoms with Gasteiger partial charge < -0.3 is 20.6 Å². The molecule has 1 unspecified atom stereocenters. The molecule has 1 aromatic heterocycles. The predicted molar refractivity (Wildman–Crippen MR) is 85.4 cm³/mol. The average Bonchev–Trinajstić information content (AvgIpc) is 2.85. The molecule has 0 saturated carbocycles. The maximum atomic E-state index is 12.6. The second-order valence-electron chi connectivity index (χ2n) is 5.95. The van der Waals surface area contributed by atoms with E-state index in [1.54, 1.807) is 23.5 Å². The fourth-order valence-electron chi connectivity index (χ4n) is 3.22. The van der Waals surface area contributed by atoms with E-state index in [2.05, 4.69) is 17.7 Å². The number of quaternary nitrogens is 1. The van der Waals surface area contributed by atoms with Gasteiger partial charge in [0, 0.05) is 12.0 Å². The van der Waals surface area contributed by atoms with Gasteiger partial charge in [0.2, 0.25) is 0 Å². The Morgan fingerprint density at radius 1 is 1.32 bits per heavy atom. The first-order chi connectivity index (χ1) is 10.6. The molecule has 22 heavy (non-hydrogen) atoms. The Kier molecular flexibility index (Phi) is 3.09. The van der Waals surface area contributed by atoms with Crippen LogP contribution in [-0.2, 0) is 13.0 Å². The number of carbonyl (C=O) groups is 1. The number of likely N-dealkylation sites (N-methyl/N-ethyl adjacent to an activating group) is 1. The number of anilines is 1. The Morgan fingerprint density at radius 3 is 2.95 bits per heavy atom. The van der Waals surface area contributed by atoms with Crippen molar-refractivity contribution in [3.8, 4) is 5.75 Å². The SMILES string of the molecule is C[NH+]1CCc2c(sc3c2C(=O)N[C@@H](c2ccccc2O)N3)C1. The number of para-hydroxylation sites is 1. The molecule has 2 aromatic rings. The number of hydrogen-bond acceptors (Lipinski definition) is 4. The van der Waals surface area contributed by atoms with Gasteiger partial charge >= 0.3 is 0 Å². The molecule has 2 aliphatic rings. The normalized spacial score (nSPS) is 23.2. The Morgan fingerprint density at radius 2 is 2.14 bits per heavy atom. The zero-order valence-corrected chi connectivity index (χ0v) is 13.1. The van der Waals surface area contributed by atoms with E-state index in [4.69, 9.17) is 0 Å².